The highest BCUT2D eigenvalue weighted by atomic mass is 31.2. The predicted octanol–water partition coefficient (Wildman–Crippen LogP) is 1.17. The first-order chi connectivity index (χ1) is 7.60. The Morgan fingerprint density at radius 1 is 1.38 bits per heavy atom. The molecule has 0 saturated carbocycles. The smallest absolute Gasteiger partial charge is 0.306 e. The molecule has 0 aromatic heterocycles. The van der Waals surface area contributed by atoms with Crippen molar-refractivity contribution in [3.8, 4) is 0 Å². The average Bonchev–Trinajstić information content (AvgIpc) is 2.26. The fourth-order valence-corrected chi connectivity index (χ4v) is 1.73. The van der Waals surface area contributed by atoms with Crippen LogP contribution >= 0.6 is 8.38 Å². The zero-order valence-corrected chi connectivity index (χ0v) is 11.0. The largest absolute Gasteiger partial charge is 0.842 e. The molecule has 1 unspecified atom stereocenters. The molecule has 0 heterocycles. The van der Waals surface area contributed by atoms with Gasteiger partial charge in [0.2, 0.25) is 0 Å². The molecular formula is C11H21O4P-2. The lowest BCUT2D eigenvalue weighted by Crippen LogP contribution is -2.17. The molecule has 1 atom stereocenters. The van der Waals surface area contributed by atoms with Gasteiger partial charge in [-0.3, -0.25) is 4.79 Å². The first kappa shape index (κ1) is 15.8. The zero-order valence-electron chi connectivity index (χ0n) is 10.1. The van der Waals surface area contributed by atoms with Crippen LogP contribution < -0.4 is 9.79 Å². The maximum atomic E-state index is 11.2. The minimum absolute atomic E-state index is 0.0249. The van der Waals surface area contributed by atoms with E-state index in [1.54, 1.807) is 0 Å². The molecule has 0 N–H and O–H groups in total. The van der Waals surface area contributed by atoms with Crippen molar-refractivity contribution in [2.24, 2.45) is 5.92 Å². The van der Waals surface area contributed by atoms with E-state index in [1.165, 1.54) is 0 Å². The predicted molar refractivity (Wildman–Crippen MR) is 60.7 cm³/mol. The highest BCUT2D eigenvalue weighted by Crippen LogP contribution is 2.15. The van der Waals surface area contributed by atoms with Gasteiger partial charge in [-0.15, -0.1) is 0 Å². The second-order valence-electron chi connectivity index (χ2n) is 3.91. The van der Waals surface area contributed by atoms with Gasteiger partial charge in [-0.1, -0.05) is 39.3 Å². The van der Waals surface area contributed by atoms with E-state index >= 15 is 0 Å². The molecule has 0 aliphatic heterocycles. The number of carbonyl (C=O) groups excluding carboxylic acids is 1. The zero-order chi connectivity index (χ0) is 12.4. The van der Waals surface area contributed by atoms with E-state index in [-0.39, 0.29) is 12.6 Å². The molecule has 0 spiro atoms. The summed E-state index contributed by atoms with van der Waals surface area (Å²) in [4.78, 5) is 31.7. The molecule has 0 rings (SSSR count). The lowest BCUT2D eigenvalue weighted by Gasteiger charge is -2.30. The van der Waals surface area contributed by atoms with E-state index in [0.717, 1.165) is 25.7 Å². The second-order valence-corrected chi connectivity index (χ2v) is 5.02. The molecule has 0 fully saturated rings. The van der Waals surface area contributed by atoms with Crippen LogP contribution in [0.3, 0.4) is 0 Å². The summed E-state index contributed by atoms with van der Waals surface area (Å²) in [6.07, 6.45) is 4.20. The number of hydrogen-bond acceptors (Lipinski definition) is 4. The summed E-state index contributed by atoms with van der Waals surface area (Å²) in [5.74, 6) is -0.000868. The van der Waals surface area contributed by atoms with E-state index < -0.39 is 14.3 Å². The van der Waals surface area contributed by atoms with Gasteiger partial charge in [0.1, 0.15) is 0 Å². The van der Waals surface area contributed by atoms with Crippen LogP contribution in [0.15, 0.2) is 0 Å². The summed E-state index contributed by atoms with van der Waals surface area (Å²) in [7, 11) is -2.47. The van der Waals surface area contributed by atoms with E-state index in [0.29, 0.717) is 12.5 Å². The number of hydrogen-bond donors (Lipinski definition) is 0. The normalized spacial score (nSPS) is 12.8. The van der Waals surface area contributed by atoms with E-state index in [1.807, 2.05) is 0 Å². The maximum Gasteiger partial charge on any atom is 0.306 e. The molecule has 16 heavy (non-hydrogen) atoms. The van der Waals surface area contributed by atoms with Gasteiger partial charge in [0, 0.05) is 6.42 Å². The molecule has 0 aromatic carbocycles. The van der Waals surface area contributed by atoms with Crippen molar-refractivity contribution in [1.29, 1.82) is 0 Å². The van der Waals surface area contributed by atoms with Gasteiger partial charge in [-0.25, -0.2) is 0 Å². The van der Waals surface area contributed by atoms with Crippen molar-refractivity contribution in [3.63, 3.8) is 0 Å². The summed E-state index contributed by atoms with van der Waals surface area (Å²) in [5.41, 5.74) is 0. The number of carbonyl (C=O) groups is 1. The topological polar surface area (TPSA) is 72.4 Å². The standard InChI is InChI=1S/C11H21O4P/c1-3-5-6-10(4-2)9-15-11(12)7-8-16(13)14/h10H,3-9H2,1-2H3/q-2. The quantitative estimate of drug-likeness (QED) is 0.453. The summed E-state index contributed by atoms with van der Waals surface area (Å²) < 4.78 is 5.04. The molecule has 0 bridgehead atoms. The van der Waals surface area contributed by atoms with Crippen molar-refractivity contribution >= 4 is 14.3 Å². The van der Waals surface area contributed by atoms with E-state index in [9.17, 15) is 14.6 Å². The Labute approximate surface area is 98.9 Å². The molecule has 0 amide bonds. The van der Waals surface area contributed by atoms with Gasteiger partial charge in [0.05, 0.1) is 6.61 Å². The molecule has 96 valence electrons. The molecular weight excluding hydrogens is 227 g/mol. The van der Waals surface area contributed by atoms with Crippen LogP contribution in [0, 0.1) is 5.92 Å². The third-order valence-electron chi connectivity index (χ3n) is 2.52. The number of rotatable bonds is 9. The lowest BCUT2D eigenvalue weighted by atomic mass is 10.0. The fourth-order valence-electron chi connectivity index (χ4n) is 1.36. The van der Waals surface area contributed by atoms with Crippen molar-refractivity contribution in [3.05, 3.63) is 0 Å². The molecule has 0 aliphatic carbocycles. The average molecular weight is 248 g/mol. The van der Waals surface area contributed by atoms with Crippen molar-refractivity contribution in [2.75, 3.05) is 12.8 Å². The summed E-state index contributed by atoms with van der Waals surface area (Å²) >= 11 is 0. The van der Waals surface area contributed by atoms with E-state index in [4.69, 9.17) is 4.74 Å². The molecule has 4 nitrogen and oxygen atoms in total. The summed E-state index contributed by atoms with van der Waals surface area (Å²) in [5, 5.41) is 0. The van der Waals surface area contributed by atoms with Crippen LogP contribution in [0.4, 0.5) is 0 Å². The number of unbranched alkanes of at least 4 members (excludes halogenated alkanes) is 1. The lowest BCUT2D eigenvalue weighted by molar-refractivity contribution is -0.292. The van der Waals surface area contributed by atoms with Crippen LogP contribution in [0.1, 0.15) is 46.0 Å². The monoisotopic (exact) mass is 248 g/mol. The molecule has 0 aliphatic rings. The van der Waals surface area contributed by atoms with Crippen molar-refractivity contribution in [1.82, 2.24) is 0 Å². The second kappa shape index (κ2) is 10.0. The van der Waals surface area contributed by atoms with Crippen LogP contribution in [-0.2, 0) is 9.53 Å². The summed E-state index contributed by atoms with van der Waals surface area (Å²) in [6, 6.07) is 0. The van der Waals surface area contributed by atoms with Crippen LogP contribution in [-0.4, -0.2) is 18.7 Å². The number of ether oxygens (including phenoxy) is 1. The minimum atomic E-state index is -2.47. The molecule has 0 radical (unpaired) electrons. The third-order valence-corrected chi connectivity index (χ3v) is 3.11. The fraction of sp³-hybridized carbons (Fsp3) is 0.909. The SMILES string of the molecule is CCCCC(CC)COC(=O)CCP([O-])[O-]. The Bertz CT molecular complexity index is 185. The van der Waals surface area contributed by atoms with E-state index in [2.05, 4.69) is 13.8 Å². The molecule has 0 saturated heterocycles. The van der Waals surface area contributed by atoms with Gasteiger partial charge >= 0.3 is 5.97 Å². The van der Waals surface area contributed by atoms with Crippen LogP contribution in [0.2, 0.25) is 0 Å². The first-order valence-corrected chi connectivity index (χ1v) is 7.23. The van der Waals surface area contributed by atoms with Gasteiger partial charge in [-0.05, 0) is 12.3 Å². The van der Waals surface area contributed by atoms with Gasteiger partial charge in [0.25, 0.3) is 0 Å². The third kappa shape index (κ3) is 9.08. The first-order valence-electron chi connectivity index (χ1n) is 5.87. The van der Waals surface area contributed by atoms with Crippen molar-refractivity contribution < 1.29 is 19.3 Å². The Kier molecular flexibility index (Phi) is 9.89. The summed E-state index contributed by atoms with van der Waals surface area (Å²) in [6.45, 7) is 4.62. The van der Waals surface area contributed by atoms with Gasteiger partial charge in [0.15, 0.2) is 0 Å². The van der Waals surface area contributed by atoms with Crippen molar-refractivity contribution in [2.45, 2.75) is 46.0 Å². The highest BCUT2D eigenvalue weighted by Gasteiger charge is 2.09. The Morgan fingerprint density at radius 3 is 2.56 bits per heavy atom. The maximum absolute atomic E-state index is 11.2. The van der Waals surface area contributed by atoms with Gasteiger partial charge < -0.3 is 22.9 Å². The highest BCUT2D eigenvalue weighted by molar-refractivity contribution is 7.42. The Morgan fingerprint density at radius 2 is 2.06 bits per heavy atom. The van der Waals surface area contributed by atoms with Crippen LogP contribution in [0.25, 0.3) is 0 Å². The van der Waals surface area contributed by atoms with Crippen LogP contribution in [0.5, 0.6) is 0 Å². The Hall–Kier alpha value is -0.180. The Balaban J connectivity index is 3.62. The van der Waals surface area contributed by atoms with Gasteiger partial charge in [-0.2, -0.15) is 0 Å². The molecule has 5 heteroatoms. The number of esters is 1. The molecule has 0 aromatic rings. The minimum Gasteiger partial charge on any atom is -0.842 e.